The largest absolute Gasteiger partial charge is 0.465 e. The molecule has 1 aliphatic carbocycles. The van der Waals surface area contributed by atoms with Crippen LogP contribution in [0.15, 0.2) is 48.2 Å². The van der Waals surface area contributed by atoms with Crippen molar-refractivity contribution >= 4 is 40.9 Å². The molecule has 0 aromatic heterocycles. The Morgan fingerprint density at radius 3 is 3.09 bits per heavy atom. The van der Waals surface area contributed by atoms with E-state index in [0.29, 0.717) is 5.57 Å². The normalized spacial score (nSPS) is 20.5. The average Bonchev–Trinajstić information content (AvgIpc) is 2.60. The van der Waals surface area contributed by atoms with Gasteiger partial charge >= 0.3 is 5.97 Å². The minimum absolute atomic E-state index is 0.196. The number of nitrogens with one attached hydrogen (secondary N) is 2. The molecule has 0 saturated heterocycles. The van der Waals surface area contributed by atoms with Gasteiger partial charge in [0.05, 0.1) is 29.3 Å². The van der Waals surface area contributed by atoms with Crippen molar-refractivity contribution in [3.05, 3.63) is 58.6 Å². The van der Waals surface area contributed by atoms with Gasteiger partial charge in [0.15, 0.2) is 0 Å². The van der Waals surface area contributed by atoms with Crippen molar-refractivity contribution < 1.29 is 9.53 Å². The molecule has 0 fully saturated rings. The van der Waals surface area contributed by atoms with Crippen molar-refractivity contribution in [2.75, 3.05) is 17.1 Å². The Kier molecular flexibility index (Phi) is 3.08. The summed E-state index contributed by atoms with van der Waals surface area (Å²) in [6.45, 7) is 0. The lowest BCUT2D eigenvalue weighted by atomic mass is 9.97. The standard InChI is InChI=1S/C17H14N2O2S/c1-21-17(20)11-5-7-14-13(9-11)12-6-4-10-3-2-8-18-15(10)16(12)19-22-14/h2-9,14,18-19H,1H3. The van der Waals surface area contributed by atoms with Crippen molar-refractivity contribution in [2.45, 2.75) is 5.25 Å². The number of hydrogen-bond acceptors (Lipinski definition) is 5. The minimum Gasteiger partial charge on any atom is -0.465 e. The van der Waals surface area contributed by atoms with Crippen LogP contribution in [0.3, 0.4) is 0 Å². The Bertz CT molecular complexity index is 881. The molecule has 0 spiro atoms. The number of anilines is 2. The molecule has 2 aliphatic heterocycles. The number of benzene rings is 1. The highest BCUT2D eigenvalue weighted by Gasteiger charge is 2.25. The van der Waals surface area contributed by atoms with E-state index >= 15 is 0 Å². The van der Waals surface area contributed by atoms with Crippen LogP contribution >= 0.6 is 11.9 Å². The van der Waals surface area contributed by atoms with Gasteiger partial charge < -0.3 is 14.8 Å². The fourth-order valence-corrected chi connectivity index (χ4v) is 3.77. The Morgan fingerprint density at radius 2 is 2.23 bits per heavy atom. The molecule has 0 amide bonds. The molecule has 1 aromatic rings. The predicted molar refractivity (Wildman–Crippen MR) is 90.6 cm³/mol. The van der Waals surface area contributed by atoms with E-state index in [1.165, 1.54) is 7.11 Å². The lowest BCUT2D eigenvalue weighted by molar-refractivity contribution is -0.135. The van der Waals surface area contributed by atoms with E-state index in [2.05, 4.69) is 28.2 Å². The van der Waals surface area contributed by atoms with Gasteiger partial charge in [0.25, 0.3) is 0 Å². The maximum atomic E-state index is 11.8. The van der Waals surface area contributed by atoms with Crippen LogP contribution < -0.4 is 20.5 Å². The first-order chi connectivity index (χ1) is 10.8. The smallest absolute Gasteiger partial charge is 0.337 e. The van der Waals surface area contributed by atoms with E-state index in [1.807, 2.05) is 30.5 Å². The first-order valence-corrected chi connectivity index (χ1v) is 7.86. The highest BCUT2D eigenvalue weighted by molar-refractivity contribution is 8.01. The molecular weight excluding hydrogens is 296 g/mol. The van der Waals surface area contributed by atoms with E-state index in [1.54, 1.807) is 11.9 Å². The fourth-order valence-electron chi connectivity index (χ4n) is 2.84. The number of esters is 1. The second-order valence-corrected chi connectivity index (χ2v) is 6.12. The predicted octanol–water partition coefficient (Wildman–Crippen LogP) is 1.67. The number of methoxy groups -OCH3 is 1. The van der Waals surface area contributed by atoms with Crippen LogP contribution in [0.1, 0.15) is 0 Å². The third kappa shape index (κ3) is 1.97. The summed E-state index contributed by atoms with van der Waals surface area (Å²) in [5.41, 5.74) is 3.84. The summed E-state index contributed by atoms with van der Waals surface area (Å²) in [4.78, 5) is 11.8. The molecule has 1 unspecified atom stereocenters. The number of carbonyl (C=O) groups excluding carboxylic acids is 1. The number of hydrogen-bond donors (Lipinski definition) is 2. The summed E-state index contributed by atoms with van der Waals surface area (Å²) in [5.74, 6) is -0.306. The van der Waals surface area contributed by atoms with Crippen LogP contribution in [0.5, 0.6) is 0 Å². The first kappa shape index (κ1) is 13.3. The molecule has 0 bridgehead atoms. The van der Waals surface area contributed by atoms with Crippen LogP contribution in [-0.2, 0) is 9.53 Å². The molecule has 110 valence electrons. The van der Waals surface area contributed by atoms with Gasteiger partial charge in [-0.25, -0.2) is 4.79 Å². The second kappa shape index (κ2) is 5.10. The summed E-state index contributed by atoms with van der Waals surface area (Å²) in [7, 11) is 1.40. The lowest BCUT2D eigenvalue weighted by Gasteiger charge is -2.27. The van der Waals surface area contributed by atoms with Crippen molar-refractivity contribution in [1.82, 2.24) is 0 Å². The molecule has 5 heteroatoms. The molecule has 4 nitrogen and oxygen atoms in total. The first-order valence-electron chi connectivity index (χ1n) is 6.98. The quantitative estimate of drug-likeness (QED) is 0.610. The Balaban J connectivity index is 1.96. The van der Waals surface area contributed by atoms with E-state index in [9.17, 15) is 4.79 Å². The van der Waals surface area contributed by atoms with Crippen molar-refractivity contribution in [3.63, 3.8) is 0 Å². The molecule has 0 radical (unpaired) electrons. The average molecular weight is 310 g/mol. The monoisotopic (exact) mass is 310 g/mol. The van der Waals surface area contributed by atoms with Crippen molar-refractivity contribution in [2.24, 2.45) is 0 Å². The topological polar surface area (TPSA) is 50.4 Å². The van der Waals surface area contributed by atoms with Crippen molar-refractivity contribution in [3.8, 4) is 0 Å². The lowest BCUT2D eigenvalue weighted by Crippen LogP contribution is -2.29. The van der Waals surface area contributed by atoms with E-state index < -0.39 is 0 Å². The number of ether oxygens (including phenoxy) is 1. The Morgan fingerprint density at radius 1 is 1.32 bits per heavy atom. The summed E-state index contributed by atoms with van der Waals surface area (Å²) < 4.78 is 8.26. The summed E-state index contributed by atoms with van der Waals surface area (Å²) in [5, 5.41) is 5.76. The van der Waals surface area contributed by atoms with E-state index in [4.69, 9.17) is 4.74 Å². The number of rotatable bonds is 1. The van der Waals surface area contributed by atoms with Gasteiger partial charge in [0, 0.05) is 16.6 Å². The molecule has 1 atom stereocenters. The summed E-state index contributed by atoms with van der Waals surface area (Å²) in [6.07, 6.45) is 11.8. The van der Waals surface area contributed by atoms with Gasteiger partial charge in [-0.1, -0.05) is 30.4 Å². The Hall–Kier alpha value is -2.40. The third-order valence-corrected chi connectivity index (χ3v) is 4.91. The van der Waals surface area contributed by atoms with Gasteiger partial charge in [0.2, 0.25) is 0 Å². The van der Waals surface area contributed by atoms with Gasteiger partial charge in [0.1, 0.15) is 0 Å². The second-order valence-electron chi connectivity index (χ2n) is 5.17. The zero-order valence-electron chi connectivity index (χ0n) is 11.9. The molecule has 22 heavy (non-hydrogen) atoms. The van der Waals surface area contributed by atoms with Crippen LogP contribution in [0.25, 0.3) is 11.6 Å². The van der Waals surface area contributed by atoms with Gasteiger partial charge in [-0.2, -0.15) is 0 Å². The maximum Gasteiger partial charge on any atom is 0.337 e. The SMILES string of the molecule is COC(=O)C1=CC2=c3ccc4c(c3NSC2C=C1)NC=CC=4. The summed E-state index contributed by atoms with van der Waals surface area (Å²) >= 11 is 1.64. The third-order valence-electron chi connectivity index (χ3n) is 3.93. The van der Waals surface area contributed by atoms with Gasteiger partial charge in [-0.3, -0.25) is 0 Å². The molecule has 3 aliphatic rings. The molecular formula is C17H14N2O2S. The highest BCUT2D eigenvalue weighted by Crippen LogP contribution is 2.34. The highest BCUT2D eigenvalue weighted by atomic mass is 32.2. The van der Waals surface area contributed by atoms with Crippen LogP contribution in [0.4, 0.5) is 11.4 Å². The van der Waals surface area contributed by atoms with Gasteiger partial charge in [-0.15, -0.1) is 0 Å². The number of fused-ring (bicyclic) bond motifs is 4. The summed E-state index contributed by atoms with van der Waals surface area (Å²) in [6, 6.07) is 4.20. The van der Waals surface area contributed by atoms with E-state index in [-0.39, 0.29) is 11.2 Å². The van der Waals surface area contributed by atoms with Gasteiger partial charge in [-0.05, 0) is 29.7 Å². The maximum absolute atomic E-state index is 11.8. The molecule has 2 heterocycles. The van der Waals surface area contributed by atoms with Crippen LogP contribution in [-0.4, -0.2) is 18.3 Å². The van der Waals surface area contributed by atoms with Crippen LogP contribution in [0.2, 0.25) is 0 Å². The molecule has 4 rings (SSSR count). The van der Waals surface area contributed by atoms with Crippen LogP contribution in [0, 0.1) is 0 Å². The molecule has 1 aromatic carbocycles. The fraction of sp³-hybridized carbons (Fsp3) is 0.118. The zero-order chi connectivity index (χ0) is 15.1. The van der Waals surface area contributed by atoms with Crippen molar-refractivity contribution in [1.29, 1.82) is 0 Å². The number of allylic oxidation sites excluding steroid dienone is 2. The number of carbonyl (C=O) groups is 1. The van der Waals surface area contributed by atoms with E-state index in [0.717, 1.165) is 27.4 Å². The Labute approximate surface area is 132 Å². The minimum atomic E-state index is -0.306. The zero-order valence-corrected chi connectivity index (χ0v) is 12.7. The molecule has 0 saturated carbocycles. The molecule has 2 N–H and O–H groups in total.